The van der Waals surface area contributed by atoms with Gasteiger partial charge in [0, 0.05) is 30.7 Å². The molecule has 1 aliphatic rings. The van der Waals surface area contributed by atoms with Gasteiger partial charge >= 0.3 is 0 Å². The number of hydrogen-bond acceptors (Lipinski definition) is 6. The first-order chi connectivity index (χ1) is 15.3. The van der Waals surface area contributed by atoms with Crippen molar-refractivity contribution in [2.45, 2.75) is 46.1 Å². The smallest absolute Gasteiger partial charge is 0.255 e. The number of nitrogens with zero attached hydrogens (tertiary/aromatic N) is 4. The Morgan fingerprint density at radius 2 is 2.09 bits per heavy atom. The molecular weight excluding hydrogens is 404 g/mol. The maximum Gasteiger partial charge on any atom is 0.255 e. The molecule has 0 bridgehead atoms. The summed E-state index contributed by atoms with van der Waals surface area (Å²) in [6, 6.07) is 7.22. The maximum absolute atomic E-state index is 13.7. The number of hydrogen-bond donors (Lipinski definition) is 2. The van der Waals surface area contributed by atoms with Gasteiger partial charge in [0.25, 0.3) is 5.91 Å². The highest BCUT2D eigenvalue weighted by Gasteiger charge is 2.30. The summed E-state index contributed by atoms with van der Waals surface area (Å²) in [6.07, 6.45) is 2.87. The number of carbonyl (C=O) groups excluding carboxylic acids is 1. The van der Waals surface area contributed by atoms with E-state index >= 15 is 0 Å². The van der Waals surface area contributed by atoms with E-state index in [-0.39, 0.29) is 11.9 Å². The fraction of sp³-hybridized carbons (Fsp3) is 0.417. The van der Waals surface area contributed by atoms with E-state index in [0.717, 1.165) is 41.7 Å². The number of piperidine rings is 1. The average molecular weight is 435 g/mol. The number of ether oxygens (including phenoxy) is 1. The molecule has 1 aliphatic heterocycles. The van der Waals surface area contributed by atoms with Crippen LogP contribution in [0.4, 0.5) is 5.69 Å². The molecule has 1 amide bonds. The van der Waals surface area contributed by atoms with Crippen LogP contribution >= 0.6 is 0 Å². The molecule has 4 rings (SSSR count). The van der Waals surface area contributed by atoms with Crippen LogP contribution in [0.15, 0.2) is 24.3 Å². The van der Waals surface area contributed by atoms with E-state index in [1.165, 1.54) is 0 Å². The molecule has 1 aromatic carbocycles. The number of rotatable bonds is 5. The Bertz CT molecular complexity index is 1200. The first-order valence-electron chi connectivity index (χ1n) is 11.0. The number of pyridine rings is 1. The van der Waals surface area contributed by atoms with Gasteiger partial charge < -0.3 is 20.8 Å². The number of anilines is 1. The number of benzene rings is 1. The number of nitrogens with one attached hydrogen (secondary N) is 1. The zero-order valence-electron chi connectivity index (χ0n) is 19.1. The number of fused-ring (bicyclic) bond motifs is 1. The Morgan fingerprint density at radius 3 is 2.84 bits per heavy atom. The van der Waals surface area contributed by atoms with Crippen molar-refractivity contribution in [3.8, 4) is 5.75 Å². The molecule has 168 valence electrons. The number of nitrogen functional groups attached to an aromatic ring is 1. The lowest BCUT2D eigenvalue weighted by atomic mass is 10.00. The Hall–Kier alpha value is -3.42. The first-order valence-corrected chi connectivity index (χ1v) is 11.0. The van der Waals surface area contributed by atoms with Crippen LogP contribution in [-0.2, 0) is 7.05 Å². The highest BCUT2D eigenvalue weighted by atomic mass is 16.5. The summed E-state index contributed by atoms with van der Waals surface area (Å²) < 4.78 is 7.86. The van der Waals surface area contributed by atoms with E-state index in [1.54, 1.807) is 17.7 Å². The van der Waals surface area contributed by atoms with Gasteiger partial charge in [0.1, 0.15) is 12.4 Å². The summed E-state index contributed by atoms with van der Waals surface area (Å²) in [5.41, 5.74) is 10.5. The van der Waals surface area contributed by atoms with Gasteiger partial charge in [0.2, 0.25) is 0 Å². The summed E-state index contributed by atoms with van der Waals surface area (Å²) in [6.45, 7) is 6.55. The molecule has 1 fully saturated rings. The van der Waals surface area contributed by atoms with Crippen molar-refractivity contribution in [3.05, 3.63) is 46.8 Å². The van der Waals surface area contributed by atoms with Gasteiger partial charge in [-0.3, -0.25) is 9.48 Å². The summed E-state index contributed by atoms with van der Waals surface area (Å²) in [5.74, 6) is 0.571. The summed E-state index contributed by atoms with van der Waals surface area (Å²) in [7, 11) is 1.85. The summed E-state index contributed by atoms with van der Waals surface area (Å²) in [4.78, 5) is 20.2. The average Bonchev–Trinajstić information content (AvgIpc) is 3.04. The second-order valence-electron chi connectivity index (χ2n) is 8.52. The van der Waals surface area contributed by atoms with Crippen molar-refractivity contribution in [1.29, 1.82) is 5.41 Å². The minimum Gasteiger partial charge on any atom is -0.491 e. The predicted molar refractivity (Wildman–Crippen MR) is 126 cm³/mol. The SMILES string of the molecule is CC(=N)c1c(N)cccc1OCC1CCCCN1C(=O)c1cc(C)nc2c1c(C)nn2C. The maximum atomic E-state index is 13.7. The number of amides is 1. The zero-order chi connectivity index (χ0) is 23.0. The molecule has 8 heteroatoms. The van der Waals surface area contributed by atoms with Crippen molar-refractivity contribution < 1.29 is 9.53 Å². The molecule has 3 N–H and O–H groups in total. The van der Waals surface area contributed by atoms with Crippen molar-refractivity contribution in [3.63, 3.8) is 0 Å². The van der Waals surface area contributed by atoms with E-state index in [1.807, 2.05) is 44.0 Å². The largest absolute Gasteiger partial charge is 0.491 e. The van der Waals surface area contributed by atoms with E-state index in [9.17, 15) is 4.79 Å². The molecule has 3 aromatic rings. The first kappa shape index (κ1) is 21.8. The fourth-order valence-corrected chi connectivity index (χ4v) is 4.59. The Morgan fingerprint density at radius 1 is 1.31 bits per heavy atom. The van der Waals surface area contributed by atoms with Crippen LogP contribution in [0, 0.1) is 19.3 Å². The van der Waals surface area contributed by atoms with Gasteiger partial charge in [-0.05, 0) is 58.2 Å². The molecule has 3 heterocycles. The Balaban J connectivity index is 1.63. The number of aryl methyl sites for hydroxylation is 3. The minimum atomic E-state index is -0.0583. The number of carbonyl (C=O) groups is 1. The van der Waals surface area contributed by atoms with Crippen LogP contribution in [0.3, 0.4) is 0 Å². The molecule has 0 saturated carbocycles. The van der Waals surface area contributed by atoms with Crippen molar-refractivity contribution in [2.75, 3.05) is 18.9 Å². The van der Waals surface area contributed by atoms with E-state index < -0.39 is 0 Å². The third-order valence-electron chi connectivity index (χ3n) is 6.08. The van der Waals surface area contributed by atoms with Gasteiger partial charge in [0.15, 0.2) is 5.65 Å². The summed E-state index contributed by atoms with van der Waals surface area (Å²) >= 11 is 0. The highest BCUT2D eigenvalue weighted by Crippen LogP contribution is 2.29. The molecule has 0 aliphatic carbocycles. The summed E-state index contributed by atoms with van der Waals surface area (Å²) in [5, 5.41) is 13.3. The normalized spacial score (nSPS) is 16.4. The zero-order valence-corrected chi connectivity index (χ0v) is 19.1. The van der Waals surface area contributed by atoms with Crippen LogP contribution in [0.25, 0.3) is 11.0 Å². The van der Waals surface area contributed by atoms with Crippen LogP contribution in [0.5, 0.6) is 5.75 Å². The van der Waals surface area contributed by atoms with E-state index in [0.29, 0.717) is 41.4 Å². The van der Waals surface area contributed by atoms with Gasteiger partial charge in [-0.25, -0.2) is 4.98 Å². The van der Waals surface area contributed by atoms with Crippen molar-refractivity contribution in [1.82, 2.24) is 19.7 Å². The molecule has 1 unspecified atom stereocenters. The fourth-order valence-electron chi connectivity index (χ4n) is 4.59. The molecule has 32 heavy (non-hydrogen) atoms. The molecule has 8 nitrogen and oxygen atoms in total. The molecule has 1 atom stereocenters. The van der Waals surface area contributed by atoms with Gasteiger partial charge in [-0.15, -0.1) is 0 Å². The van der Waals surface area contributed by atoms with Crippen molar-refractivity contribution >= 4 is 28.3 Å². The molecule has 2 aromatic heterocycles. The lowest BCUT2D eigenvalue weighted by Gasteiger charge is -2.36. The van der Waals surface area contributed by atoms with Gasteiger partial charge in [0.05, 0.1) is 28.2 Å². The minimum absolute atomic E-state index is 0.0130. The second-order valence-corrected chi connectivity index (χ2v) is 8.52. The highest BCUT2D eigenvalue weighted by molar-refractivity contribution is 6.06. The van der Waals surface area contributed by atoms with E-state index in [4.69, 9.17) is 15.9 Å². The molecule has 0 spiro atoms. The van der Waals surface area contributed by atoms with Crippen molar-refractivity contribution in [2.24, 2.45) is 7.05 Å². The lowest BCUT2D eigenvalue weighted by Crippen LogP contribution is -2.46. The van der Waals surface area contributed by atoms with E-state index in [2.05, 4.69) is 10.1 Å². The second kappa shape index (κ2) is 8.61. The van der Waals surface area contributed by atoms with Crippen LogP contribution in [0.1, 0.15) is 53.5 Å². The van der Waals surface area contributed by atoms with Crippen LogP contribution < -0.4 is 10.5 Å². The molecular formula is C24H30N6O2. The predicted octanol–water partition coefficient (Wildman–Crippen LogP) is 3.63. The monoisotopic (exact) mass is 434 g/mol. The van der Waals surface area contributed by atoms with Gasteiger partial charge in [-0.1, -0.05) is 6.07 Å². The molecule has 1 saturated heterocycles. The van der Waals surface area contributed by atoms with Gasteiger partial charge in [-0.2, -0.15) is 5.10 Å². The van der Waals surface area contributed by atoms with Crippen LogP contribution in [0.2, 0.25) is 0 Å². The standard InChI is InChI=1S/C24H30N6O2/c1-14-12-18(22-16(3)28-29(4)23(22)27-14)24(31)30-11-6-5-8-17(30)13-32-20-10-7-9-19(26)21(20)15(2)25/h7,9-10,12,17,25H,5-6,8,11,13,26H2,1-4H3. The number of likely N-dealkylation sites (tertiary alicyclic amines) is 1. The lowest BCUT2D eigenvalue weighted by molar-refractivity contribution is 0.0530. The molecule has 0 radical (unpaired) electrons. The number of aromatic nitrogens is 3. The third kappa shape index (κ3) is 3.92. The Labute approximate surface area is 187 Å². The Kier molecular flexibility index (Phi) is 5.86. The van der Waals surface area contributed by atoms with Crippen LogP contribution in [-0.4, -0.2) is 50.5 Å². The number of nitrogens with two attached hydrogens (primary N) is 1. The third-order valence-corrected chi connectivity index (χ3v) is 6.08. The quantitative estimate of drug-likeness (QED) is 0.471. The topological polar surface area (TPSA) is 110 Å².